The van der Waals surface area contributed by atoms with Crippen molar-refractivity contribution in [3.8, 4) is 6.01 Å². The Balaban J connectivity index is 2.91. The number of rotatable bonds is 2. The summed E-state index contributed by atoms with van der Waals surface area (Å²) in [5.74, 6) is 0. The second-order valence-corrected chi connectivity index (χ2v) is 2.34. The van der Waals surface area contributed by atoms with Crippen molar-refractivity contribution in [3.05, 3.63) is 19.0 Å². The summed E-state index contributed by atoms with van der Waals surface area (Å²) in [6.45, 7) is 3.56. The number of carbonyl (C=O) groups excluding carboxylic acids is 1. The molecular formula is C8H11N2O3+. The predicted molar refractivity (Wildman–Crippen MR) is 45.0 cm³/mol. The molecule has 5 nitrogen and oxygen atoms in total. The number of ether oxygens (including phenoxy) is 2. The van der Waals surface area contributed by atoms with E-state index in [0.29, 0.717) is 6.01 Å². The van der Waals surface area contributed by atoms with Crippen LogP contribution in [0.4, 0.5) is 4.79 Å². The highest BCUT2D eigenvalue weighted by atomic mass is 16.7. The minimum atomic E-state index is -0.752. The zero-order chi connectivity index (χ0) is 9.84. The van der Waals surface area contributed by atoms with Crippen LogP contribution in [0.1, 0.15) is 0 Å². The van der Waals surface area contributed by atoms with Crippen LogP contribution in [0, 0.1) is 0 Å². The zero-order valence-electron chi connectivity index (χ0n) is 7.56. The summed E-state index contributed by atoms with van der Waals surface area (Å²) in [4.78, 5) is 10.8. The maximum absolute atomic E-state index is 10.8. The van der Waals surface area contributed by atoms with E-state index in [9.17, 15) is 4.79 Å². The highest BCUT2D eigenvalue weighted by molar-refractivity contribution is 5.62. The van der Waals surface area contributed by atoms with Gasteiger partial charge < -0.3 is 9.47 Å². The van der Waals surface area contributed by atoms with Gasteiger partial charge in [-0.2, -0.15) is 9.13 Å². The summed E-state index contributed by atoms with van der Waals surface area (Å²) < 4.78 is 12.4. The third kappa shape index (κ3) is 1.87. The van der Waals surface area contributed by atoms with Gasteiger partial charge in [0, 0.05) is 0 Å². The molecule has 0 aromatic carbocycles. The third-order valence-corrected chi connectivity index (χ3v) is 1.51. The van der Waals surface area contributed by atoms with Gasteiger partial charge in [0.15, 0.2) is 0 Å². The van der Waals surface area contributed by atoms with Crippen molar-refractivity contribution in [2.75, 3.05) is 7.11 Å². The quantitative estimate of drug-likeness (QED) is 0.497. The second-order valence-electron chi connectivity index (χ2n) is 2.34. The summed E-state index contributed by atoms with van der Waals surface area (Å²) in [6.07, 6.45) is 4.22. The number of hydrogen-bond acceptors (Lipinski definition) is 3. The Bertz CT molecular complexity index is 330. The lowest BCUT2D eigenvalue weighted by atomic mass is 10.8. The number of carbonyl (C=O) groups is 1. The predicted octanol–water partition coefficient (Wildman–Crippen LogP) is 0.558. The van der Waals surface area contributed by atoms with Gasteiger partial charge in [0.25, 0.3) is 0 Å². The van der Waals surface area contributed by atoms with Crippen molar-refractivity contribution in [2.45, 2.75) is 0 Å². The minimum Gasteiger partial charge on any atom is -0.437 e. The van der Waals surface area contributed by atoms with Crippen molar-refractivity contribution in [1.82, 2.24) is 4.57 Å². The van der Waals surface area contributed by atoms with E-state index in [4.69, 9.17) is 4.74 Å². The maximum Gasteiger partial charge on any atom is 0.518 e. The fourth-order valence-electron chi connectivity index (χ4n) is 0.861. The van der Waals surface area contributed by atoms with Crippen molar-refractivity contribution in [1.29, 1.82) is 0 Å². The molecule has 0 N–H and O–H groups in total. The average Bonchev–Trinajstić information content (AvgIpc) is 2.48. The first-order chi connectivity index (χ1) is 6.19. The fraction of sp³-hybridized carbons (Fsp3) is 0.250. The molecule has 1 heterocycles. The average molecular weight is 183 g/mol. The van der Waals surface area contributed by atoms with Gasteiger partial charge in [-0.15, -0.1) is 0 Å². The largest absolute Gasteiger partial charge is 0.518 e. The van der Waals surface area contributed by atoms with Crippen LogP contribution in [0.2, 0.25) is 0 Å². The highest BCUT2D eigenvalue weighted by Gasteiger charge is 2.18. The molecule has 70 valence electrons. The molecule has 1 aromatic rings. The summed E-state index contributed by atoms with van der Waals surface area (Å²) in [6, 6.07) is 0.349. The lowest BCUT2D eigenvalue weighted by Gasteiger charge is -1.97. The van der Waals surface area contributed by atoms with E-state index >= 15 is 0 Å². The van der Waals surface area contributed by atoms with Crippen LogP contribution in [0.15, 0.2) is 19.0 Å². The molecule has 0 saturated carbocycles. The Morgan fingerprint density at radius 3 is 3.00 bits per heavy atom. The number of methoxy groups -OCH3 is 1. The molecule has 0 spiro atoms. The molecule has 1 rings (SSSR count). The van der Waals surface area contributed by atoms with Crippen LogP contribution in [0.25, 0.3) is 6.20 Å². The van der Waals surface area contributed by atoms with E-state index in [1.807, 2.05) is 0 Å². The zero-order valence-corrected chi connectivity index (χ0v) is 7.56. The summed E-state index contributed by atoms with van der Waals surface area (Å²) in [5, 5.41) is 0. The second kappa shape index (κ2) is 3.75. The SMILES string of the molecule is C=Cn1cc[n+](C)c1OC(=O)OC. The molecule has 13 heavy (non-hydrogen) atoms. The van der Waals surface area contributed by atoms with Gasteiger partial charge >= 0.3 is 12.2 Å². The van der Waals surface area contributed by atoms with Crippen molar-refractivity contribution >= 4 is 12.4 Å². The molecule has 0 saturated heterocycles. The van der Waals surface area contributed by atoms with Crippen LogP contribution in [-0.4, -0.2) is 17.8 Å². The molecule has 0 aliphatic carbocycles. The van der Waals surface area contributed by atoms with Crippen molar-refractivity contribution in [3.63, 3.8) is 0 Å². The minimum absolute atomic E-state index is 0.349. The van der Waals surface area contributed by atoms with Crippen molar-refractivity contribution in [2.24, 2.45) is 7.05 Å². The van der Waals surface area contributed by atoms with E-state index in [-0.39, 0.29) is 0 Å². The molecule has 0 amide bonds. The van der Waals surface area contributed by atoms with Crippen molar-refractivity contribution < 1.29 is 18.8 Å². The van der Waals surface area contributed by atoms with Crippen LogP contribution >= 0.6 is 0 Å². The standard InChI is InChI=1S/C8H11N2O3/c1-4-10-6-5-9(2)7(10)13-8(11)12-3/h4-6H,1H2,2-3H3/q+1. The Kier molecular flexibility index (Phi) is 2.69. The van der Waals surface area contributed by atoms with E-state index in [2.05, 4.69) is 11.3 Å². The summed E-state index contributed by atoms with van der Waals surface area (Å²) in [7, 11) is 3.00. The Morgan fingerprint density at radius 1 is 1.77 bits per heavy atom. The number of aryl methyl sites for hydroxylation is 1. The monoisotopic (exact) mass is 183 g/mol. The lowest BCUT2D eigenvalue weighted by molar-refractivity contribution is -0.674. The molecule has 5 heteroatoms. The normalized spacial score (nSPS) is 9.38. The Hall–Kier alpha value is -1.78. The molecule has 0 unspecified atom stereocenters. The lowest BCUT2D eigenvalue weighted by Crippen LogP contribution is -2.30. The fourth-order valence-corrected chi connectivity index (χ4v) is 0.861. The Morgan fingerprint density at radius 2 is 2.46 bits per heavy atom. The van der Waals surface area contributed by atoms with E-state index in [1.54, 1.807) is 28.6 Å². The number of aromatic nitrogens is 2. The first-order valence-electron chi connectivity index (χ1n) is 3.64. The number of imidazole rings is 1. The topological polar surface area (TPSA) is 44.3 Å². The smallest absolute Gasteiger partial charge is 0.437 e. The van der Waals surface area contributed by atoms with Gasteiger partial charge in [-0.25, -0.2) is 4.79 Å². The van der Waals surface area contributed by atoms with Gasteiger partial charge in [-0.05, 0) is 0 Å². The van der Waals surface area contributed by atoms with E-state index < -0.39 is 6.16 Å². The molecule has 1 aromatic heterocycles. The first-order valence-corrected chi connectivity index (χ1v) is 3.64. The highest BCUT2D eigenvalue weighted by Crippen LogP contribution is 2.05. The van der Waals surface area contributed by atoms with Gasteiger partial charge in [-0.1, -0.05) is 6.58 Å². The molecule has 0 radical (unpaired) electrons. The Labute approximate surface area is 75.8 Å². The van der Waals surface area contributed by atoms with Gasteiger partial charge in [-0.3, -0.25) is 0 Å². The summed E-state index contributed by atoms with van der Waals surface area (Å²) >= 11 is 0. The maximum atomic E-state index is 10.8. The van der Waals surface area contributed by atoms with Crippen LogP contribution < -0.4 is 9.30 Å². The van der Waals surface area contributed by atoms with Crippen LogP contribution in [-0.2, 0) is 11.8 Å². The van der Waals surface area contributed by atoms with Gasteiger partial charge in [0.1, 0.15) is 12.4 Å². The number of nitrogens with zero attached hydrogens (tertiary/aromatic N) is 2. The summed E-state index contributed by atoms with van der Waals surface area (Å²) in [5.41, 5.74) is 0. The van der Waals surface area contributed by atoms with Crippen LogP contribution in [0.3, 0.4) is 0 Å². The number of hydrogen-bond donors (Lipinski definition) is 0. The molecule has 0 atom stereocenters. The van der Waals surface area contributed by atoms with E-state index in [0.717, 1.165) is 0 Å². The van der Waals surface area contributed by atoms with E-state index in [1.165, 1.54) is 13.3 Å². The first kappa shape index (κ1) is 9.31. The van der Waals surface area contributed by atoms with Crippen LogP contribution in [0.5, 0.6) is 6.01 Å². The van der Waals surface area contributed by atoms with Gasteiger partial charge in [0.05, 0.1) is 20.4 Å². The third-order valence-electron chi connectivity index (χ3n) is 1.51. The molecule has 0 bridgehead atoms. The molecular weight excluding hydrogens is 172 g/mol. The molecule has 0 fully saturated rings. The van der Waals surface area contributed by atoms with Gasteiger partial charge in [0.2, 0.25) is 0 Å². The molecule has 0 aliphatic rings. The molecule has 0 aliphatic heterocycles.